The molecule has 1 unspecified atom stereocenters. The van der Waals surface area contributed by atoms with Gasteiger partial charge in [0.25, 0.3) is 0 Å². The van der Waals surface area contributed by atoms with Gasteiger partial charge in [0.15, 0.2) is 5.11 Å². The lowest BCUT2D eigenvalue weighted by molar-refractivity contribution is 0.457. The molecule has 0 saturated carbocycles. The van der Waals surface area contributed by atoms with Crippen LogP contribution in [0.3, 0.4) is 0 Å². The lowest BCUT2D eigenvalue weighted by atomic mass is 9.86. The molecule has 1 aliphatic rings. The van der Waals surface area contributed by atoms with Gasteiger partial charge in [0.1, 0.15) is 0 Å². The molecular weight excluding hydrogens is 204 g/mol. The fourth-order valence-electron chi connectivity index (χ4n) is 2.02. The largest absolute Gasteiger partial charge is 0.376 e. The second-order valence-corrected chi connectivity index (χ2v) is 4.59. The zero-order valence-electron chi connectivity index (χ0n) is 9.38. The van der Waals surface area contributed by atoms with E-state index in [1.165, 1.54) is 25.7 Å². The molecular formula is C12H20N2S. The number of hydrogen-bond acceptors (Lipinski definition) is 1. The average molecular weight is 224 g/mol. The smallest absolute Gasteiger partial charge is 0.167 e. The van der Waals surface area contributed by atoms with Gasteiger partial charge < -0.3 is 11.1 Å². The van der Waals surface area contributed by atoms with Crippen molar-refractivity contribution in [2.75, 3.05) is 0 Å². The summed E-state index contributed by atoms with van der Waals surface area (Å²) < 4.78 is 0. The van der Waals surface area contributed by atoms with Crippen LogP contribution in [0, 0.1) is 5.92 Å². The normalized spacial score (nSPS) is 20.6. The third-order valence-electron chi connectivity index (χ3n) is 2.90. The summed E-state index contributed by atoms with van der Waals surface area (Å²) in [5.41, 5.74) is 7.93. The first-order valence-corrected chi connectivity index (χ1v) is 5.94. The van der Waals surface area contributed by atoms with E-state index in [1.807, 2.05) is 0 Å². The van der Waals surface area contributed by atoms with Crippen molar-refractivity contribution in [2.24, 2.45) is 11.7 Å². The monoisotopic (exact) mass is 224 g/mol. The minimum Gasteiger partial charge on any atom is -0.376 e. The number of rotatable bonds is 4. The van der Waals surface area contributed by atoms with Gasteiger partial charge >= 0.3 is 0 Å². The van der Waals surface area contributed by atoms with Gasteiger partial charge in [-0.15, -0.1) is 0 Å². The number of nitrogens with two attached hydrogens (primary N) is 1. The summed E-state index contributed by atoms with van der Waals surface area (Å²) in [6, 6.07) is 0. The van der Waals surface area contributed by atoms with Crippen molar-refractivity contribution in [3.63, 3.8) is 0 Å². The number of allylic oxidation sites excluding steroid dienone is 3. The van der Waals surface area contributed by atoms with Crippen LogP contribution >= 0.6 is 12.2 Å². The Morgan fingerprint density at radius 1 is 1.73 bits per heavy atom. The van der Waals surface area contributed by atoms with Crippen molar-refractivity contribution < 1.29 is 0 Å². The summed E-state index contributed by atoms with van der Waals surface area (Å²) in [6.45, 7) is 6.15. The Kier molecular flexibility index (Phi) is 4.82. The van der Waals surface area contributed by atoms with Gasteiger partial charge in [0, 0.05) is 5.70 Å². The summed E-state index contributed by atoms with van der Waals surface area (Å²) in [5.74, 6) is 0.703. The first kappa shape index (κ1) is 12.2. The molecule has 0 aromatic rings. The standard InChI is InChI=1S/C12H20N2S/c1-3-10-4-6-11(7-5-10)8-9(2)14-12(13)15/h4,11H,2-3,5-8H2,1H3,(H3,13,14,15). The first-order chi connectivity index (χ1) is 7.11. The summed E-state index contributed by atoms with van der Waals surface area (Å²) in [7, 11) is 0. The average Bonchev–Trinajstić information content (AvgIpc) is 2.17. The fraction of sp³-hybridized carbons (Fsp3) is 0.583. The van der Waals surface area contributed by atoms with Crippen molar-refractivity contribution in [3.8, 4) is 0 Å². The Balaban J connectivity index is 2.33. The number of thiocarbonyl (C=S) groups is 1. The van der Waals surface area contributed by atoms with Crippen LogP contribution in [0.2, 0.25) is 0 Å². The molecule has 15 heavy (non-hydrogen) atoms. The van der Waals surface area contributed by atoms with Crippen molar-refractivity contribution in [1.29, 1.82) is 0 Å². The zero-order chi connectivity index (χ0) is 11.3. The molecule has 0 fully saturated rings. The Morgan fingerprint density at radius 3 is 2.93 bits per heavy atom. The van der Waals surface area contributed by atoms with E-state index in [0.717, 1.165) is 12.1 Å². The van der Waals surface area contributed by atoms with E-state index >= 15 is 0 Å². The van der Waals surface area contributed by atoms with Crippen LogP contribution < -0.4 is 11.1 Å². The summed E-state index contributed by atoms with van der Waals surface area (Å²) in [5, 5.41) is 3.23. The van der Waals surface area contributed by atoms with Gasteiger partial charge in [-0.3, -0.25) is 0 Å². The van der Waals surface area contributed by atoms with Gasteiger partial charge in [-0.25, -0.2) is 0 Å². The molecule has 0 aromatic carbocycles. The predicted octanol–water partition coefficient (Wildman–Crippen LogP) is 2.86. The van der Waals surface area contributed by atoms with Crippen molar-refractivity contribution >= 4 is 17.3 Å². The van der Waals surface area contributed by atoms with Crippen LogP contribution in [0.4, 0.5) is 0 Å². The van der Waals surface area contributed by atoms with E-state index in [4.69, 9.17) is 18.0 Å². The van der Waals surface area contributed by atoms with Gasteiger partial charge in [-0.1, -0.05) is 25.2 Å². The Hall–Kier alpha value is -0.830. The molecule has 1 rings (SSSR count). The zero-order valence-corrected chi connectivity index (χ0v) is 10.2. The highest BCUT2D eigenvalue weighted by Crippen LogP contribution is 2.28. The lowest BCUT2D eigenvalue weighted by Crippen LogP contribution is -2.28. The van der Waals surface area contributed by atoms with Crippen LogP contribution in [0.1, 0.15) is 39.0 Å². The van der Waals surface area contributed by atoms with Crippen molar-refractivity contribution in [1.82, 2.24) is 5.32 Å². The molecule has 0 saturated heterocycles. The lowest BCUT2D eigenvalue weighted by Gasteiger charge is -2.22. The fourth-order valence-corrected chi connectivity index (χ4v) is 2.17. The third-order valence-corrected chi connectivity index (χ3v) is 3.00. The molecule has 2 nitrogen and oxygen atoms in total. The van der Waals surface area contributed by atoms with Gasteiger partial charge in [0.05, 0.1) is 0 Å². The van der Waals surface area contributed by atoms with Crippen LogP contribution in [-0.2, 0) is 0 Å². The molecule has 84 valence electrons. The molecule has 3 N–H and O–H groups in total. The molecule has 1 atom stereocenters. The van der Waals surface area contributed by atoms with Gasteiger partial charge in [-0.05, 0) is 50.2 Å². The molecule has 0 spiro atoms. The van der Waals surface area contributed by atoms with Gasteiger partial charge in [0.2, 0.25) is 0 Å². The number of nitrogens with one attached hydrogen (secondary N) is 1. The predicted molar refractivity (Wildman–Crippen MR) is 69.4 cm³/mol. The highest BCUT2D eigenvalue weighted by atomic mass is 32.1. The minimum absolute atomic E-state index is 0.320. The molecule has 0 aliphatic heterocycles. The Bertz CT molecular complexity index is 281. The van der Waals surface area contributed by atoms with E-state index in [-0.39, 0.29) is 0 Å². The highest BCUT2D eigenvalue weighted by Gasteiger charge is 2.14. The van der Waals surface area contributed by atoms with E-state index in [9.17, 15) is 0 Å². The van der Waals surface area contributed by atoms with Crippen LogP contribution in [-0.4, -0.2) is 5.11 Å². The SMILES string of the molecule is C=C(CC1CC=C(CC)CC1)NC(N)=S. The molecule has 0 aromatic heterocycles. The molecule has 1 aliphatic carbocycles. The van der Waals surface area contributed by atoms with Crippen molar-refractivity contribution in [2.45, 2.75) is 39.0 Å². The maximum Gasteiger partial charge on any atom is 0.167 e. The first-order valence-electron chi connectivity index (χ1n) is 5.54. The van der Waals surface area contributed by atoms with E-state index in [2.05, 4.69) is 24.9 Å². The van der Waals surface area contributed by atoms with Gasteiger partial charge in [-0.2, -0.15) is 0 Å². The summed E-state index contributed by atoms with van der Waals surface area (Å²) >= 11 is 4.77. The molecule has 0 bridgehead atoms. The Morgan fingerprint density at radius 2 is 2.47 bits per heavy atom. The maximum atomic E-state index is 5.39. The third kappa shape index (κ3) is 4.47. The molecule has 0 heterocycles. The molecule has 0 amide bonds. The van der Waals surface area contributed by atoms with E-state index in [1.54, 1.807) is 5.57 Å². The second kappa shape index (κ2) is 5.91. The van der Waals surface area contributed by atoms with Crippen LogP contribution in [0.15, 0.2) is 23.9 Å². The van der Waals surface area contributed by atoms with Crippen molar-refractivity contribution in [3.05, 3.63) is 23.9 Å². The maximum absolute atomic E-state index is 5.39. The highest BCUT2D eigenvalue weighted by molar-refractivity contribution is 7.80. The quantitative estimate of drug-likeness (QED) is 0.569. The summed E-state index contributed by atoms with van der Waals surface area (Å²) in [6.07, 6.45) is 8.21. The summed E-state index contributed by atoms with van der Waals surface area (Å²) in [4.78, 5) is 0. The number of hydrogen-bond donors (Lipinski definition) is 2. The van der Waals surface area contributed by atoms with E-state index in [0.29, 0.717) is 11.0 Å². The van der Waals surface area contributed by atoms with Crippen LogP contribution in [0.5, 0.6) is 0 Å². The molecule has 3 heteroatoms. The Labute approximate surface area is 97.6 Å². The minimum atomic E-state index is 0.320. The van der Waals surface area contributed by atoms with Crippen LogP contribution in [0.25, 0.3) is 0 Å². The van der Waals surface area contributed by atoms with E-state index < -0.39 is 0 Å². The topological polar surface area (TPSA) is 38.0 Å². The molecule has 0 radical (unpaired) electrons. The second-order valence-electron chi connectivity index (χ2n) is 4.15.